The Morgan fingerprint density at radius 1 is 1.35 bits per heavy atom. The van der Waals surface area contributed by atoms with Crippen molar-refractivity contribution in [2.24, 2.45) is 0 Å². The van der Waals surface area contributed by atoms with Crippen molar-refractivity contribution in [1.82, 2.24) is 9.97 Å². The molecule has 1 heterocycles. The second kappa shape index (κ2) is 4.69. The second-order valence-electron chi connectivity index (χ2n) is 3.57. The Bertz CT molecular complexity index is 561. The third-order valence-corrected chi connectivity index (χ3v) is 2.36. The summed E-state index contributed by atoms with van der Waals surface area (Å²) in [6.45, 7) is 0. The van der Waals surface area contributed by atoms with E-state index in [1.54, 1.807) is 7.11 Å². The van der Waals surface area contributed by atoms with Gasteiger partial charge in [0.05, 0.1) is 13.3 Å². The highest BCUT2D eigenvalue weighted by molar-refractivity contribution is 5.29. The van der Waals surface area contributed by atoms with Gasteiger partial charge in [0.2, 0.25) is 0 Å². The molecule has 5 nitrogen and oxygen atoms in total. The first-order chi connectivity index (χ1) is 8.19. The number of aromatic hydroxyl groups is 1. The zero-order valence-corrected chi connectivity index (χ0v) is 9.30. The number of H-pyrrole nitrogens is 1. The third-order valence-electron chi connectivity index (χ3n) is 2.36. The van der Waals surface area contributed by atoms with Gasteiger partial charge in [-0.3, -0.25) is 4.79 Å². The van der Waals surface area contributed by atoms with Crippen LogP contribution in [0.25, 0.3) is 0 Å². The van der Waals surface area contributed by atoms with E-state index in [9.17, 15) is 4.79 Å². The molecule has 2 N–H and O–H groups in total. The molecule has 17 heavy (non-hydrogen) atoms. The van der Waals surface area contributed by atoms with E-state index in [-0.39, 0.29) is 5.75 Å². The number of ether oxygens (including phenoxy) is 1. The third kappa shape index (κ3) is 2.63. The van der Waals surface area contributed by atoms with Crippen LogP contribution in [0.4, 0.5) is 0 Å². The fourth-order valence-electron chi connectivity index (χ4n) is 1.45. The molecule has 0 amide bonds. The highest BCUT2D eigenvalue weighted by Crippen LogP contribution is 2.13. The average Bonchev–Trinajstić information content (AvgIpc) is 2.35. The van der Waals surface area contributed by atoms with Crippen LogP contribution in [0.1, 0.15) is 11.4 Å². The topological polar surface area (TPSA) is 75.2 Å². The lowest BCUT2D eigenvalue weighted by atomic mass is 10.1. The Hall–Kier alpha value is -2.30. The Labute approximate surface area is 97.7 Å². The Balaban J connectivity index is 2.19. The van der Waals surface area contributed by atoms with Crippen molar-refractivity contribution in [3.05, 3.63) is 52.2 Å². The van der Waals surface area contributed by atoms with E-state index >= 15 is 0 Å². The predicted octanol–water partition coefficient (Wildman–Crippen LogP) is 1.07. The minimum atomic E-state index is -0.525. The van der Waals surface area contributed by atoms with Crippen LogP contribution in [-0.2, 0) is 6.42 Å². The van der Waals surface area contributed by atoms with Gasteiger partial charge >= 0.3 is 0 Å². The SMILES string of the molecule is COc1ccc(Cc2ncc(O)c(=O)[nH]2)cc1. The van der Waals surface area contributed by atoms with E-state index in [1.165, 1.54) is 0 Å². The second-order valence-corrected chi connectivity index (χ2v) is 3.57. The summed E-state index contributed by atoms with van der Waals surface area (Å²) in [6.07, 6.45) is 1.65. The van der Waals surface area contributed by atoms with Gasteiger partial charge in [0.25, 0.3) is 5.56 Å². The molecule has 0 saturated heterocycles. The molecular formula is C12H12N2O3. The van der Waals surface area contributed by atoms with Crippen molar-refractivity contribution in [3.8, 4) is 11.5 Å². The lowest BCUT2D eigenvalue weighted by Gasteiger charge is -2.03. The monoisotopic (exact) mass is 232 g/mol. The van der Waals surface area contributed by atoms with Gasteiger partial charge in [-0.2, -0.15) is 0 Å². The molecular weight excluding hydrogens is 220 g/mol. The van der Waals surface area contributed by atoms with Gasteiger partial charge in [0, 0.05) is 6.42 Å². The summed E-state index contributed by atoms with van der Waals surface area (Å²) in [5, 5.41) is 9.06. The van der Waals surface area contributed by atoms with Crippen LogP contribution in [0.15, 0.2) is 35.3 Å². The van der Waals surface area contributed by atoms with Crippen LogP contribution in [-0.4, -0.2) is 22.2 Å². The van der Waals surface area contributed by atoms with Gasteiger partial charge < -0.3 is 14.8 Å². The summed E-state index contributed by atoms with van der Waals surface area (Å²) in [7, 11) is 1.61. The molecule has 0 bridgehead atoms. The van der Waals surface area contributed by atoms with Crippen LogP contribution in [0.5, 0.6) is 11.5 Å². The Morgan fingerprint density at radius 3 is 2.65 bits per heavy atom. The van der Waals surface area contributed by atoms with Gasteiger partial charge in [-0.05, 0) is 17.7 Å². The number of hydrogen-bond donors (Lipinski definition) is 2. The largest absolute Gasteiger partial charge is 0.502 e. The molecule has 0 spiro atoms. The van der Waals surface area contributed by atoms with E-state index in [0.29, 0.717) is 12.2 Å². The van der Waals surface area contributed by atoms with Gasteiger partial charge in [-0.15, -0.1) is 0 Å². The molecule has 0 aliphatic rings. The lowest BCUT2D eigenvalue weighted by Crippen LogP contribution is -2.10. The number of methoxy groups -OCH3 is 1. The molecule has 88 valence electrons. The first kappa shape index (κ1) is 11.2. The zero-order valence-electron chi connectivity index (χ0n) is 9.30. The van der Waals surface area contributed by atoms with Gasteiger partial charge in [0.1, 0.15) is 11.6 Å². The molecule has 2 aromatic rings. The van der Waals surface area contributed by atoms with Crippen molar-refractivity contribution >= 4 is 0 Å². The summed E-state index contributed by atoms with van der Waals surface area (Å²) < 4.78 is 5.05. The smallest absolute Gasteiger partial charge is 0.293 e. The Kier molecular flexibility index (Phi) is 3.09. The van der Waals surface area contributed by atoms with E-state index in [2.05, 4.69) is 9.97 Å². The van der Waals surface area contributed by atoms with E-state index in [1.807, 2.05) is 24.3 Å². The van der Waals surface area contributed by atoms with Crippen molar-refractivity contribution in [2.75, 3.05) is 7.11 Å². The van der Waals surface area contributed by atoms with Crippen LogP contribution in [0, 0.1) is 0 Å². The molecule has 0 radical (unpaired) electrons. The normalized spacial score (nSPS) is 10.2. The van der Waals surface area contributed by atoms with Crippen molar-refractivity contribution in [3.63, 3.8) is 0 Å². The molecule has 0 fully saturated rings. The minimum Gasteiger partial charge on any atom is -0.502 e. The highest BCUT2D eigenvalue weighted by atomic mass is 16.5. The number of nitrogens with one attached hydrogen (secondary N) is 1. The number of aromatic nitrogens is 2. The number of hydrogen-bond acceptors (Lipinski definition) is 4. The lowest BCUT2D eigenvalue weighted by molar-refractivity contribution is 0.414. The summed E-state index contributed by atoms with van der Waals surface area (Å²) in [6, 6.07) is 7.47. The van der Waals surface area contributed by atoms with Crippen LogP contribution >= 0.6 is 0 Å². The maximum atomic E-state index is 11.2. The summed E-state index contributed by atoms with van der Waals surface area (Å²) in [5.41, 5.74) is 0.475. The molecule has 0 aliphatic carbocycles. The van der Waals surface area contributed by atoms with Gasteiger partial charge in [-0.25, -0.2) is 4.98 Å². The number of aromatic amines is 1. The highest BCUT2D eigenvalue weighted by Gasteiger charge is 2.02. The quantitative estimate of drug-likeness (QED) is 0.830. The number of nitrogens with zero attached hydrogens (tertiary/aromatic N) is 1. The van der Waals surface area contributed by atoms with Gasteiger partial charge in [0.15, 0.2) is 5.75 Å². The first-order valence-electron chi connectivity index (χ1n) is 5.09. The predicted molar refractivity (Wildman–Crippen MR) is 62.3 cm³/mol. The molecule has 0 saturated carbocycles. The van der Waals surface area contributed by atoms with Crippen molar-refractivity contribution in [2.45, 2.75) is 6.42 Å². The maximum absolute atomic E-state index is 11.2. The molecule has 0 aliphatic heterocycles. The molecule has 1 aromatic heterocycles. The first-order valence-corrected chi connectivity index (χ1v) is 5.09. The molecule has 5 heteroatoms. The fourth-order valence-corrected chi connectivity index (χ4v) is 1.45. The standard InChI is InChI=1S/C12H12N2O3/c1-17-9-4-2-8(3-5-9)6-11-13-7-10(15)12(16)14-11/h2-5,7,15H,6H2,1H3,(H,13,14,16). The maximum Gasteiger partial charge on any atom is 0.293 e. The Morgan fingerprint density at radius 2 is 2.06 bits per heavy atom. The van der Waals surface area contributed by atoms with E-state index in [4.69, 9.17) is 9.84 Å². The van der Waals surface area contributed by atoms with Crippen molar-refractivity contribution in [1.29, 1.82) is 0 Å². The average molecular weight is 232 g/mol. The molecule has 0 atom stereocenters. The minimum absolute atomic E-state index is 0.372. The molecule has 0 unspecified atom stereocenters. The van der Waals surface area contributed by atoms with Crippen molar-refractivity contribution < 1.29 is 9.84 Å². The number of rotatable bonds is 3. The van der Waals surface area contributed by atoms with E-state index < -0.39 is 5.56 Å². The van der Waals surface area contributed by atoms with Crippen LogP contribution in [0.3, 0.4) is 0 Å². The summed E-state index contributed by atoms with van der Waals surface area (Å²) >= 11 is 0. The zero-order chi connectivity index (χ0) is 12.3. The number of benzene rings is 1. The van der Waals surface area contributed by atoms with E-state index in [0.717, 1.165) is 17.5 Å². The molecule has 2 rings (SSSR count). The fraction of sp³-hybridized carbons (Fsp3) is 0.167. The summed E-state index contributed by atoms with van der Waals surface area (Å²) in [5.74, 6) is 0.919. The molecule has 1 aromatic carbocycles. The van der Waals surface area contributed by atoms with Crippen LogP contribution in [0.2, 0.25) is 0 Å². The summed E-state index contributed by atoms with van der Waals surface area (Å²) in [4.78, 5) is 17.6. The van der Waals surface area contributed by atoms with Crippen LogP contribution < -0.4 is 10.3 Å². The van der Waals surface area contributed by atoms with Gasteiger partial charge in [-0.1, -0.05) is 12.1 Å².